The highest BCUT2D eigenvalue weighted by atomic mass is 127. The summed E-state index contributed by atoms with van der Waals surface area (Å²) in [4.78, 5) is 19.7. The van der Waals surface area contributed by atoms with Gasteiger partial charge in [0, 0.05) is 71.4 Å². The highest BCUT2D eigenvalue weighted by Crippen LogP contribution is 2.38. The topological polar surface area (TPSA) is 87.7 Å². The Bertz CT molecular complexity index is 776. The van der Waals surface area contributed by atoms with Crippen LogP contribution in [0, 0.1) is 0 Å². The van der Waals surface area contributed by atoms with E-state index in [1.54, 1.807) is 20.0 Å². The zero-order valence-electron chi connectivity index (χ0n) is 17.5. The molecule has 0 bridgehead atoms. The fourth-order valence-corrected chi connectivity index (χ4v) is 3.33. The standard InChI is InChI=1S/C19H27F2N5O4.HI/c1-13(27)26-7-5-25(6-8-26)4-3-23-19(22-2)24-11-14-9-16-17(29-12-28-16)10-15(14)30-18(20)21;/h9-10,18H,3-8,11-12H2,1-2H3,(H2,22,23,24);1H. The lowest BCUT2D eigenvalue weighted by molar-refractivity contribution is -0.130. The Hall–Kier alpha value is -2.09. The molecule has 1 aromatic rings. The van der Waals surface area contributed by atoms with E-state index in [0.717, 1.165) is 32.7 Å². The number of carbonyl (C=O) groups is 1. The van der Waals surface area contributed by atoms with E-state index in [-0.39, 0.29) is 49.0 Å². The maximum atomic E-state index is 12.8. The van der Waals surface area contributed by atoms with Crippen molar-refractivity contribution in [2.24, 2.45) is 4.99 Å². The van der Waals surface area contributed by atoms with Crippen molar-refractivity contribution in [1.29, 1.82) is 0 Å². The van der Waals surface area contributed by atoms with Crippen LogP contribution in [0.25, 0.3) is 0 Å². The van der Waals surface area contributed by atoms with Crippen molar-refractivity contribution >= 4 is 35.8 Å². The molecule has 2 aliphatic rings. The molecule has 0 atom stereocenters. The fourth-order valence-electron chi connectivity index (χ4n) is 3.33. The second-order valence-corrected chi connectivity index (χ2v) is 6.89. The number of guanidine groups is 1. The van der Waals surface area contributed by atoms with Gasteiger partial charge in [0.15, 0.2) is 17.5 Å². The van der Waals surface area contributed by atoms with Crippen molar-refractivity contribution < 1.29 is 27.8 Å². The molecule has 12 heteroatoms. The second kappa shape index (κ2) is 12.1. The van der Waals surface area contributed by atoms with Gasteiger partial charge in [-0.05, 0) is 6.07 Å². The molecule has 31 heavy (non-hydrogen) atoms. The normalized spacial score (nSPS) is 16.2. The highest BCUT2D eigenvalue weighted by molar-refractivity contribution is 14.0. The van der Waals surface area contributed by atoms with E-state index in [0.29, 0.717) is 29.6 Å². The molecule has 1 amide bonds. The number of rotatable bonds is 7. The molecule has 0 unspecified atom stereocenters. The van der Waals surface area contributed by atoms with Crippen LogP contribution in [0.3, 0.4) is 0 Å². The van der Waals surface area contributed by atoms with Crippen LogP contribution < -0.4 is 24.8 Å². The minimum absolute atomic E-state index is 0. The predicted molar refractivity (Wildman–Crippen MR) is 122 cm³/mol. The smallest absolute Gasteiger partial charge is 0.387 e. The molecule has 0 saturated carbocycles. The molecule has 174 valence electrons. The molecular weight excluding hydrogens is 527 g/mol. The number of piperazine rings is 1. The van der Waals surface area contributed by atoms with Crippen molar-refractivity contribution in [3.05, 3.63) is 17.7 Å². The van der Waals surface area contributed by atoms with E-state index in [2.05, 4.69) is 25.3 Å². The summed E-state index contributed by atoms with van der Waals surface area (Å²) in [6.45, 7) is 3.50. The number of hydrogen-bond donors (Lipinski definition) is 2. The first kappa shape index (κ1) is 25.2. The summed E-state index contributed by atoms with van der Waals surface area (Å²) in [6.07, 6.45) is 0. The van der Waals surface area contributed by atoms with Crippen LogP contribution in [0.2, 0.25) is 0 Å². The zero-order chi connectivity index (χ0) is 21.5. The molecule has 2 heterocycles. The Balaban J connectivity index is 0.00000341. The summed E-state index contributed by atoms with van der Waals surface area (Å²) < 4.78 is 40.7. The SMILES string of the molecule is CN=C(NCCN1CCN(C(C)=O)CC1)NCc1cc2c(cc1OC(F)F)OCO2.I. The lowest BCUT2D eigenvalue weighted by atomic mass is 10.1. The van der Waals surface area contributed by atoms with Gasteiger partial charge in [0.1, 0.15) is 5.75 Å². The number of benzene rings is 1. The number of nitrogens with zero attached hydrogens (tertiary/aromatic N) is 3. The van der Waals surface area contributed by atoms with Crippen molar-refractivity contribution in [2.45, 2.75) is 20.1 Å². The van der Waals surface area contributed by atoms with E-state index < -0.39 is 6.61 Å². The van der Waals surface area contributed by atoms with Gasteiger partial charge in [-0.25, -0.2) is 0 Å². The number of ether oxygens (including phenoxy) is 3. The number of hydrogen-bond acceptors (Lipinski definition) is 6. The van der Waals surface area contributed by atoms with Crippen LogP contribution in [0.5, 0.6) is 17.2 Å². The number of nitrogens with one attached hydrogen (secondary N) is 2. The largest absolute Gasteiger partial charge is 0.454 e. The molecule has 9 nitrogen and oxygen atoms in total. The molecule has 1 aromatic carbocycles. The second-order valence-electron chi connectivity index (χ2n) is 6.89. The number of halogens is 3. The molecule has 2 N–H and O–H groups in total. The Kier molecular flexibility index (Phi) is 9.81. The summed E-state index contributed by atoms with van der Waals surface area (Å²) in [5.41, 5.74) is 0.503. The number of aliphatic imine (C=N–C) groups is 1. The Morgan fingerprint density at radius 3 is 2.48 bits per heavy atom. The monoisotopic (exact) mass is 555 g/mol. The molecule has 0 radical (unpaired) electrons. The van der Waals surface area contributed by atoms with Crippen LogP contribution in [-0.2, 0) is 11.3 Å². The summed E-state index contributed by atoms with van der Waals surface area (Å²) in [5, 5.41) is 6.30. The first-order chi connectivity index (χ1) is 14.5. The molecular formula is C19H28F2IN5O4. The summed E-state index contributed by atoms with van der Waals surface area (Å²) in [7, 11) is 1.64. The highest BCUT2D eigenvalue weighted by Gasteiger charge is 2.21. The minimum atomic E-state index is -2.94. The van der Waals surface area contributed by atoms with Crippen LogP contribution in [0.1, 0.15) is 12.5 Å². The van der Waals surface area contributed by atoms with Gasteiger partial charge in [0.25, 0.3) is 0 Å². The maximum Gasteiger partial charge on any atom is 0.387 e. The number of alkyl halides is 2. The van der Waals surface area contributed by atoms with Gasteiger partial charge in [-0.1, -0.05) is 0 Å². The van der Waals surface area contributed by atoms with Crippen molar-refractivity contribution in [2.75, 3.05) is 53.1 Å². The molecule has 1 saturated heterocycles. The van der Waals surface area contributed by atoms with Gasteiger partial charge in [-0.2, -0.15) is 8.78 Å². The molecule has 1 fully saturated rings. The minimum Gasteiger partial charge on any atom is -0.454 e. The van der Waals surface area contributed by atoms with Gasteiger partial charge in [-0.15, -0.1) is 24.0 Å². The lowest BCUT2D eigenvalue weighted by Crippen LogP contribution is -2.50. The van der Waals surface area contributed by atoms with Gasteiger partial charge in [-0.3, -0.25) is 14.7 Å². The van der Waals surface area contributed by atoms with Gasteiger partial charge in [0.05, 0.1) is 0 Å². The summed E-state index contributed by atoms with van der Waals surface area (Å²) in [5.74, 6) is 1.54. The van der Waals surface area contributed by atoms with Crippen LogP contribution in [-0.4, -0.2) is 81.4 Å². The van der Waals surface area contributed by atoms with E-state index >= 15 is 0 Å². The molecule has 2 aliphatic heterocycles. The third kappa shape index (κ3) is 7.23. The quantitative estimate of drug-likeness (QED) is 0.300. The lowest BCUT2D eigenvalue weighted by Gasteiger charge is -2.34. The average Bonchev–Trinajstić information content (AvgIpc) is 3.17. The van der Waals surface area contributed by atoms with Crippen molar-refractivity contribution in [3.8, 4) is 17.2 Å². The Morgan fingerprint density at radius 2 is 1.87 bits per heavy atom. The van der Waals surface area contributed by atoms with Crippen molar-refractivity contribution in [3.63, 3.8) is 0 Å². The maximum absolute atomic E-state index is 12.8. The summed E-state index contributed by atoms with van der Waals surface area (Å²) in [6, 6.07) is 3.03. The number of amides is 1. The van der Waals surface area contributed by atoms with Gasteiger partial charge in [0.2, 0.25) is 12.7 Å². The number of fused-ring (bicyclic) bond motifs is 1. The first-order valence-corrected chi connectivity index (χ1v) is 9.76. The molecule has 0 spiro atoms. The van der Waals surface area contributed by atoms with Gasteiger partial charge >= 0.3 is 6.61 Å². The Labute approximate surface area is 197 Å². The first-order valence-electron chi connectivity index (χ1n) is 9.76. The number of carbonyl (C=O) groups excluding carboxylic acids is 1. The summed E-state index contributed by atoms with van der Waals surface area (Å²) >= 11 is 0. The molecule has 0 aromatic heterocycles. The van der Waals surface area contributed by atoms with Crippen molar-refractivity contribution in [1.82, 2.24) is 20.4 Å². The van der Waals surface area contributed by atoms with E-state index in [4.69, 9.17) is 9.47 Å². The average molecular weight is 555 g/mol. The third-order valence-electron chi connectivity index (χ3n) is 4.98. The van der Waals surface area contributed by atoms with Crippen LogP contribution >= 0.6 is 24.0 Å². The zero-order valence-corrected chi connectivity index (χ0v) is 19.9. The van der Waals surface area contributed by atoms with Crippen LogP contribution in [0.4, 0.5) is 8.78 Å². The predicted octanol–water partition coefficient (Wildman–Crippen LogP) is 1.46. The Morgan fingerprint density at radius 1 is 1.19 bits per heavy atom. The van der Waals surface area contributed by atoms with Crippen LogP contribution in [0.15, 0.2) is 17.1 Å². The van der Waals surface area contributed by atoms with E-state index in [9.17, 15) is 13.6 Å². The fraction of sp³-hybridized carbons (Fsp3) is 0.579. The van der Waals surface area contributed by atoms with E-state index in [1.165, 1.54) is 6.07 Å². The van der Waals surface area contributed by atoms with Gasteiger partial charge < -0.3 is 29.7 Å². The van der Waals surface area contributed by atoms with E-state index in [1.807, 2.05) is 4.90 Å². The molecule has 3 rings (SSSR count). The third-order valence-corrected chi connectivity index (χ3v) is 4.98. The molecule has 0 aliphatic carbocycles.